The highest BCUT2D eigenvalue weighted by Crippen LogP contribution is 2.33. The molecule has 0 N–H and O–H groups in total. The van der Waals surface area contributed by atoms with E-state index in [0.717, 1.165) is 4.47 Å². The predicted octanol–water partition coefficient (Wildman–Crippen LogP) is 3.16. The Bertz CT molecular complexity index is 959. The Balaban J connectivity index is 2.43. The SMILES string of the molecule is CCOC(=O)/C(=C/c1cccc(Br)c1)O[C@H]1O[C@@H](COC(C)=O)[C@H](OC(C)=O)[C@@H](OC(C)=O)[C@@H]1C. The van der Waals surface area contributed by atoms with Gasteiger partial charge in [0.25, 0.3) is 0 Å². The standard InChI is InChI=1S/C24H29BrO10/c1-6-30-23(29)19(11-17-8-7-9-18(25)10-17)34-24-13(2)21(32-15(4)27)22(33-16(5)28)20(35-24)12-31-14(3)26/h7-11,13,20-22,24H,6,12H2,1-5H3/b19-11-/t13-,20-,21-,22-,24-/m0/s1. The molecule has 1 aromatic carbocycles. The third-order valence-electron chi connectivity index (χ3n) is 4.87. The number of rotatable bonds is 9. The summed E-state index contributed by atoms with van der Waals surface area (Å²) in [5.41, 5.74) is 0.650. The Morgan fingerprint density at radius 2 is 1.63 bits per heavy atom. The minimum atomic E-state index is -1.14. The molecule has 0 amide bonds. The summed E-state index contributed by atoms with van der Waals surface area (Å²) < 4.78 is 33.7. The van der Waals surface area contributed by atoms with Gasteiger partial charge in [-0.15, -0.1) is 0 Å². The lowest BCUT2D eigenvalue weighted by Crippen LogP contribution is -2.58. The summed E-state index contributed by atoms with van der Waals surface area (Å²) in [6.45, 7) is 6.73. The number of benzene rings is 1. The number of esters is 4. The van der Waals surface area contributed by atoms with E-state index < -0.39 is 54.4 Å². The summed E-state index contributed by atoms with van der Waals surface area (Å²) in [6, 6.07) is 7.15. The molecule has 1 fully saturated rings. The zero-order chi connectivity index (χ0) is 26.1. The lowest BCUT2D eigenvalue weighted by Gasteiger charge is -2.43. The number of carbonyl (C=O) groups is 4. The maximum Gasteiger partial charge on any atom is 0.373 e. The third-order valence-corrected chi connectivity index (χ3v) is 5.36. The molecule has 0 unspecified atom stereocenters. The molecule has 2 rings (SSSR count). The van der Waals surface area contributed by atoms with Gasteiger partial charge in [0.1, 0.15) is 18.8 Å². The van der Waals surface area contributed by atoms with Crippen LogP contribution in [0.3, 0.4) is 0 Å². The molecule has 11 heteroatoms. The fourth-order valence-electron chi connectivity index (χ4n) is 3.42. The molecule has 0 bridgehead atoms. The molecule has 192 valence electrons. The fraction of sp³-hybridized carbons (Fsp3) is 0.500. The van der Waals surface area contributed by atoms with E-state index in [1.165, 1.54) is 26.8 Å². The molecular weight excluding hydrogens is 528 g/mol. The highest BCUT2D eigenvalue weighted by Gasteiger charge is 2.49. The fourth-order valence-corrected chi connectivity index (χ4v) is 3.84. The first kappa shape index (κ1) is 28.3. The van der Waals surface area contributed by atoms with E-state index in [4.69, 9.17) is 28.4 Å². The third kappa shape index (κ3) is 8.66. The topological polar surface area (TPSA) is 124 Å². The van der Waals surface area contributed by atoms with Crippen LogP contribution in [0.5, 0.6) is 0 Å². The van der Waals surface area contributed by atoms with Crippen molar-refractivity contribution in [1.82, 2.24) is 0 Å². The Kier molecular flexibility index (Phi) is 10.7. The molecule has 0 saturated carbocycles. The van der Waals surface area contributed by atoms with Gasteiger partial charge in [-0.05, 0) is 30.7 Å². The molecule has 0 aliphatic carbocycles. The van der Waals surface area contributed by atoms with Gasteiger partial charge in [-0.1, -0.05) is 35.0 Å². The smallest absolute Gasteiger partial charge is 0.373 e. The van der Waals surface area contributed by atoms with Crippen molar-refractivity contribution in [2.24, 2.45) is 5.92 Å². The van der Waals surface area contributed by atoms with Gasteiger partial charge in [0.15, 0.2) is 6.10 Å². The summed E-state index contributed by atoms with van der Waals surface area (Å²) in [5.74, 6) is -3.43. The highest BCUT2D eigenvalue weighted by molar-refractivity contribution is 9.10. The van der Waals surface area contributed by atoms with Gasteiger partial charge in [0, 0.05) is 25.2 Å². The quantitative estimate of drug-likeness (QED) is 0.194. The molecule has 35 heavy (non-hydrogen) atoms. The second-order valence-electron chi connectivity index (χ2n) is 7.75. The molecule has 1 aliphatic heterocycles. The number of halogens is 1. The molecule has 1 aromatic rings. The molecular formula is C24H29BrO10. The van der Waals surface area contributed by atoms with Gasteiger partial charge < -0.3 is 28.4 Å². The average molecular weight is 557 g/mol. The Morgan fingerprint density at radius 3 is 2.20 bits per heavy atom. The van der Waals surface area contributed by atoms with E-state index in [0.29, 0.717) is 5.56 Å². The van der Waals surface area contributed by atoms with Crippen LogP contribution in [-0.4, -0.2) is 61.7 Å². The highest BCUT2D eigenvalue weighted by atomic mass is 79.9. The van der Waals surface area contributed by atoms with Gasteiger partial charge in [0.2, 0.25) is 12.0 Å². The Morgan fingerprint density at radius 1 is 0.971 bits per heavy atom. The van der Waals surface area contributed by atoms with Gasteiger partial charge in [-0.2, -0.15) is 0 Å². The van der Waals surface area contributed by atoms with Crippen LogP contribution < -0.4 is 0 Å². The van der Waals surface area contributed by atoms with Crippen molar-refractivity contribution in [3.63, 3.8) is 0 Å². The summed E-state index contributed by atoms with van der Waals surface area (Å²) in [7, 11) is 0. The van der Waals surface area contributed by atoms with Crippen molar-refractivity contribution < 1.29 is 47.6 Å². The monoisotopic (exact) mass is 556 g/mol. The molecule has 0 spiro atoms. The van der Waals surface area contributed by atoms with Crippen LogP contribution >= 0.6 is 15.9 Å². The maximum absolute atomic E-state index is 12.7. The first-order valence-electron chi connectivity index (χ1n) is 11.0. The lowest BCUT2D eigenvalue weighted by atomic mass is 9.91. The zero-order valence-electron chi connectivity index (χ0n) is 20.1. The van der Waals surface area contributed by atoms with Crippen molar-refractivity contribution in [1.29, 1.82) is 0 Å². The lowest BCUT2D eigenvalue weighted by molar-refractivity contribution is -0.279. The Hall–Kier alpha value is -2.92. The molecule has 0 radical (unpaired) electrons. The van der Waals surface area contributed by atoms with Crippen molar-refractivity contribution in [3.05, 3.63) is 40.1 Å². The first-order chi connectivity index (χ1) is 16.5. The molecule has 1 heterocycles. The van der Waals surface area contributed by atoms with Crippen LogP contribution in [0.25, 0.3) is 6.08 Å². The zero-order valence-corrected chi connectivity index (χ0v) is 21.7. The van der Waals surface area contributed by atoms with Crippen LogP contribution in [0, 0.1) is 5.92 Å². The number of carbonyl (C=O) groups excluding carboxylic acids is 4. The van der Waals surface area contributed by atoms with E-state index in [1.807, 2.05) is 6.07 Å². The minimum absolute atomic E-state index is 0.110. The van der Waals surface area contributed by atoms with Crippen molar-refractivity contribution in [3.8, 4) is 0 Å². The molecule has 10 nitrogen and oxygen atoms in total. The van der Waals surface area contributed by atoms with E-state index >= 15 is 0 Å². The average Bonchev–Trinajstić information content (AvgIpc) is 2.76. The number of hydrogen-bond acceptors (Lipinski definition) is 10. The minimum Gasteiger partial charge on any atom is -0.463 e. The van der Waals surface area contributed by atoms with Crippen molar-refractivity contribution in [2.75, 3.05) is 13.2 Å². The van der Waals surface area contributed by atoms with Crippen LogP contribution in [0.2, 0.25) is 0 Å². The van der Waals surface area contributed by atoms with E-state index in [9.17, 15) is 19.2 Å². The van der Waals surface area contributed by atoms with Crippen LogP contribution in [-0.2, 0) is 47.6 Å². The van der Waals surface area contributed by atoms with Gasteiger partial charge in [-0.25, -0.2) is 4.79 Å². The normalized spacial score (nSPS) is 24.2. The second kappa shape index (κ2) is 13.2. The van der Waals surface area contributed by atoms with E-state index in [2.05, 4.69) is 15.9 Å². The largest absolute Gasteiger partial charge is 0.463 e. The maximum atomic E-state index is 12.7. The number of ether oxygens (including phenoxy) is 6. The summed E-state index contributed by atoms with van der Waals surface area (Å²) in [4.78, 5) is 47.7. The first-order valence-corrected chi connectivity index (χ1v) is 11.7. The van der Waals surface area contributed by atoms with Crippen LogP contribution in [0.1, 0.15) is 40.2 Å². The van der Waals surface area contributed by atoms with Crippen molar-refractivity contribution >= 4 is 45.9 Å². The number of hydrogen-bond donors (Lipinski definition) is 0. The van der Waals surface area contributed by atoms with Gasteiger partial charge >= 0.3 is 23.9 Å². The molecule has 5 atom stereocenters. The Labute approximate surface area is 211 Å². The molecule has 1 saturated heterocycles. The molecule has 1 aliphatic rings. The van der Waals surface area contributed by atoms with Crippen LogP contribution in [0.4, 0.5) is 0 Å². The van der Waals surface area contributed by atoms with Gasteiger partial charge in [-0.3, -0.25) is 14.4 Å². The summed E-state index contributed by atoms with van der Waals surface area (Å²) >= 11 is 3.38. The van der Waals surface area contributed by atoms with Gasteiger partial charge in [0.05, 0.1) is 12.5 Å². The van der Waals surface area contributed by atoms with E-state index in [1.54, 1.807) is 32.0 Å². The van der Waals surface area contributed by atoms with E-state index in [-0.39, 0.29) is 19.0 Å². The predicted molar refractivity (Wildman–Crippen MR) is 125 cm³/mol. The van der Waals surface area contributed by atoms with Crippen LogP contribution in [0.15, 0.2) is 34.5 Å². The second-order valence-corrected chi connectivity index (χ2v) is 8.67. The summed E-state index contributed by atoms with van der Waals surface area (Å²) in [5, 5.41) is 0. The molecule has 0 aromatic heterocycles. The summed E-state index contributed by atoms with van der Waals surface area (Å²) in [6.07, 6.45) is -2.79. The van der Waals surface area contributed by atoms with Crippen molar-refractivity contribution in [2.45, 2.75) is 59.2 Å².